The number of aliphatic hydroxyl groups excluding tert-OH is 1. The van der Waals surface area contributed by atoms with Crippen LogP contribution in [0.15, 0.2) is 0 Å². The van der Waals surface area contributed by atoms with Crippen LogP contribution < -0.4 is 5.32 Å². The molecule has 122 valence electrons. The molecule has 1 aliphatic heterocycles. The van der Waals surface area contributed by atoms with Gasteiger partial charge in [0, 0.05) is 25.7 Å². The summed E-state index contributed by atoms with van der Waals surface area (Å²) in [7, 11) is 0. The van der Waals surface area contributed by atoms with Crippen molar-refractivity contribution in [3.8, 4) is 0 Å². The van der Waals surface area contributed by atoms with E-state index in [1.165, 1.54) is 57.9 Å². The van der Waals surface area contributed by atoms with Crippen LogP contribution >= 0.6 is 0 Å². The van der Waals surface area contributed by atoms with Gasteiger partial charge in [0.2, 0.25) is 0 Å². The molecule has 1 heterocycles. The fourth-order valence-corrected chi connectivity index (χ4v) is 4.01. The molecule has 4 nitrogen and oxygen atoms in total. The lowest BCUT2D eigenvalue weighted by Crippen LogP contribution is -2.53. The number of hydrogen-bond donors (Lipinski definition) is 2. The molecule has 1 atom stereocenters. The van der Waals surface area contributed by atoms with Gasteiger partial charge in [-0.3, -0.25) is 4.90 Å². The van der Waals surface area contributed by atoms with Gasteiger partial charge in [0.1, 0.15) is 0 Å². The van der Waals surface area contributed by atoms with Gasteiger partial charge < -0.3 is 15.2 Å². The molecule has 0 aromatic heterocycles. The van der Waals surface area contributed by atoms with Crippen LogP contribution in [0.2, 0.25) is 0 Å². The molecule has 2 N–H and O–H groups in total. The lowest BCUT2D eigenvalue weighted by atomic mass is 9.79. The van der Waals surface area contributed by atoms with Crippen LogP contribution in [0.25, 0.3) is 0 Å². The molecule has 0 aromatic rings. The first kappa shape index (κ1) is 15.7. The fraction of sp³-hybridized carbons (Fsp3) is 1.00. The van der Waals surface area contributed by atoms with E-state index in [0.29, 0.717) is 12.0 Å². The molecule has 1 unspecified atom stereocenters. The molecule has 0 spiro atoms. The van der Waals surface area contributed by atoms with Crippen molar-refractivity contribution in [2.75, 3.05) is 39.5 Å². The minimum Gasteiger partial charge on any atom is -0.395 e. The number of ether oxygens (including phenoxy) is 1. The van der Waals surface area contributed by atoms with Crippen molar-refractivity contribution >= 4 is 0 Å². The Hall–Kier alpha value is -0.160. The second-order valence-electron chi connectivity index (χ2n) is 7.45. The first-order chi connectivity index (χ1) is 10.3. The predicted octanol–water partition coefficient (Wildman–Crippen LogP) is 1.77. The van der Waals surface area contributed by atoms with Gasteiger partial charge in [0.15, 0.2) is 0 Å². The summed E-state index contributed by atoms with van der Waals surface area (Å²) >= 11 is 0. The quantitative estimate of drug-likeness (QED) is 0.733. The van der Waals surface area contributed by atoms with Gasteiger partial charge >= 0.3 is 0 Å². The monoisotopic (exact) mass is 296 g/mol. The zero-order valence-electron chi connectivity index (χ0n) is 13.4. The number of morpholine rings is 1. The Balaban J connectivity index is 1.64. The van der Waals surface area contributed by atoms with Crippen LogP contribution in [-0.2, 0) is 4.74 Å². The Bertz CT molecular complexity index is 312. The average Bonchev–Trinajstić information content (AvgIpc) is 3.34. The van der Waals surface area contributed by atoms with Gasteiger partial charge in [0.05, 0.1) is 25.9 Å². The summed E-state index contributed by atoms with van der Waals surface area (Å²) in [4.78, 5) is 2.50. The molecular formula is C17H32N2O2. The summed E-state index contributed by atoms with van der Waals surface area (Å²) in [6, 6.07) is 1.00. The van der Waals surface area contributed by atoms with Crippen LogP contribution in [0.1, 0.15) is 51.4 Å². The van der Waals surface area contributed by atoms with Crippen molar-refractivity contribution < 1.29 is 9.84 Å². The van der Waals surface area contributed by atoms with Gasteiger partial charge in [-0.1, -0.05) is 25.7 Å². The van der Waals surface area contributed by atoms with Crippen molar-refractivity contribution in [2.45, 2.75) is 63.5 Å². The van der Waals surface area contributed by atoms with Gasteiger partial charge in [-0.2, -0.15) is 0 Å². The number of nitrogens with zero attached hydrogens (tertiary/aromatic N) is 1. The topological polar surface area (TPSA) is 44.7 Å². The molecular weight excluding hydrogens is 264 g/mol. The normalized spacial score (nSPS) is 31.0. The number of hydrogen-bond acceptors (Lipinski definition) is 4. The largest absolute Gasteiger partial charge is 0.395 e. The average molecular weight is 296 g/mol. The zero-order valence-corrected chi connectivity index (χ0v) is 13.4. The Labute approximate surface area is 129 Å². The molecule has 21 heavy (non-hydrogen) atoms. The molecule has 4 heteroatoms. The minimum absolute atomic E-state index is 0.208. The maximum atomic E-state index is 9.62. The summed E-state index contributed by atoms with van der Waals surface area (Å²) in [6.45, 7) is 5.04. The van der Waals surface area contributed by atoms with Crippen LogP contribution in [0.3, 0.4) is 0 Å². The highest BCUT2D eigenvalue weighted by molar-refractivity contribution is 4.92. The second kappa shape index (κ2) is 7.40. The Morgan fingerprint density at radius 3 is 2.57 bits per heavy atom. The predicted molar refractivity (Wildman–Crippen MR) is 84.4 cm³/mol. The van der Waals surface area contributed by atoms with E-state index >= 15 is 0 Å². The molecule has 0 amide bonds. The highest BCUT2D eigenvalue weighted by Gasteiger charge is 2.37. The van der Waals surface area contributed by atoms with Crippen molar-refractivity contribution in [3.05, 3.63) is 0 Å². The Morgan fingerprint density at radius 1 is 1.14 bits per heavy atom. The number of rotatable bonds is 6. The maximum absolute atomic E-state index is 9.62. The van der Waals surface area contributed by atoms with E-state index in [0.717, 1.165) is 25.7 Å². The van der Waals surface area contributed by atoms with E-state index in [1.54, 1.807) is 0 Å². The smallest absolute Gasteiger partial charge is 0.0644 e. The first-order valence-electron chi connectivity index (χ1n) is 8.97. The molecule has 0 radical (unpaired) electrons. The van der Waals surface area contributed by atoms with E-state index in [2.05, 4.69) is 10.2 Å². The lowest BCUT2D eigenvalue weighted by Gasteiger charge is -2.43. The fourth-order valence-electron chi connectivity index (χ4n) is 4.01. The third kappa shape index (κ3) is 4.41. The van der Waals surface area contributed by atoms with Crippen LogP contribution in [0, 0.1) is 5.41 Å². The number of nitrogens with one attached hydrogen (secondary N) is 1. The Kier molecular flexibility index (Phi) is 5.54. The number of aliphatic hydroxyl groups is 1. The molecule has 0 bridgehead atoms. The minimum atomic E-state index is 0.208. The van der Waals surface area contributed by atoms with Crippen LogP contribution in [0.4, 0.5) is 0 Å². The third-order valence-electron chi connectivity index (χ3n) is 5.61. The lowest BCUT2D eigenvalue weighted by molar-refractivity contribution is -0.0468. The van der Waals surface area contributed by atoms with E-state index in [-0.39, 0.29) is 12.6 Å². The molecule has 3 aliphatic rings. The van der Waals surface area contributed by atoms with E-state index in [1.807, 2.05) is 0 Å². The summed E-state index contributed by atoms with van der Waals surface area (Å²) in [6.07, 6.45) is 11.0. The second-order valence-corrected chi connectivity index (χ2v) is 7.45. The molecule has 2 aliphatic carbocycles. The van der Waals surface area contributed by atoms with E-state index in [4.69, 9.17) is 4.74 Å². The van der Waals surface area contributed by atoms with Crippen LogP contribution in [0.5, 0.6) is 0 Å². The van der Waals surface area contributed by atoms with Crippen molar-refractivity contribution in [1.82, 2.24) is 10.2 Å². The van der Waals surface area contributed by atoms with E-state index in [9.17, 15) is 5.11 Å². The molecule has 3 rings (SSSR count). The van der Waals surface area contributed by atoms with Crippen LogP contribution in [-0.4, -0.2) is 61.5 Å². The highest BCUT2D eigenvalue weighted by atomic mass is 16.5. The molecule has 1 saturated heterocycles. The third-order valence-corrected chi connectivity index (χ3v) is 5.61. The maximum Gasteiger partial charge on any atom is 0.0644 e. The van der Waals surface area contributed by atoms with E-state index < -0.39 is 0 Å². The first-order valence-corrected chi connectivity index (χ1v) is 8.97. The standard InChI is InChI=1S/C17H32N2O2/c20-11-16-12-21-10-9-19(16)14-17(13-18-15-5-6-15)7-3-1-2-4-8-17/h15-16,18,20H,1-14H2. The van der Waals surface area contributed by atoms with Gasteiger partial charge in [-0.15, -0.1) is 0 Å². The summed E-state index contributed by atoms with van der Waals surface area (Å²) in [5.41, 5.74) is 0.420. The zero-order chi connectivity index (χ0) is 14.5. The van der Waals surface area contributed by atoms with Crippen molar-refractivity contribution in [3.63, 3.8) is 0 Å². The molecule has 2 saturated carbocycles. The van der Waals surface area contributed by atoms with Crippen molar-refractivity contribution in [2.24, 2.45) is 5.41 Å². The summed E-state index contributed by atoms with van der Waals surface area (Å²) < 4.78 is 5.54. The Morgan fingerprint density at radius 2 is 1.90 bits per heavy atom. The SMILES string of the molecule is OCC1COCCN1CC1(CNC2CC2)CCCCCC1. The summed E-state index contributed by atoms with van der Waals surface area (Å²) in [5.74, 6) is 0. The molecule has 0 aromatic carbocycles. The molecule has 3 fully saturated rings. The highest BCUT2D eigenvalue weighted by Crippen LogP contribution is 2.37. The van der Waals surface area contributed by atoms with Gasteiger partial charge in [-0.05, 0) is 31.1 Å². The van der Waals surface area contributed by atoms with Crippen molar-refractivity contribution in [1.29, 1.82) is 0 Å². The summed E-state index contributed by atoms with van der Waals surface area (Å²) in [5, 5.41) is 13.4. The van der Waals surface area contributed by atoms with Gasteiger partial charge in [-0.25, -0.2) is 0 Å². The van der Waals surface area contributed by atoms with Gasteiger partial charge in [0.25, 0.3) is 0 Å².